The maximum Gasteiger partial charge on any atom is 0.159 e. The Morgan fingerprint density at radius 1 is 0.971 bits per heavy atom. The van der Waals surface area contributed by atoms with Crippen molar-refractivity contribution in [3.63, 3.8) is 0 Å². The predicted octanol–water partition coefficient (Wildman–Crippen LogP) is 6.97. The molecule has 7 nitrogen and oxygen atoms in total. The Balaban J connectivity index is 1.32. The molecule has 0 saturated carbocycles. The number of nitrogens with zero attached hydrogens (tertiary/aromatic N) is 4. The zero-order valence-electron chi connectivity index (χ0n) is 19.3. The highest BCUT2D eigenvalue weighted by atomic mass is 35.5. The van der Waals surface area contributed by atoms with E-state index in [4.69, 9.17) is 28.2 Å². The Morgan fingerprint density at radius 2 is 1.74 bits per heavy atom. The van der Waals surface area contributed by atoms with Crippen molar-refractivity contribution in [3.8, 4) is 11.5 Å². The van der Waals surface area contributed by atoms with Gasteiger partial charge in [-0.2, -0.15) is 5.10 Å². The van der Waals surface area contributed by atoms with Crippen LogP contribution in [-0.4, -0.2) is 38.2 Å². The first-order valence-corrected chi connectivity index (χ1v) is 12.6. The SMILES string of the molecule is CC(Nc1ccc2[nH]nc(-c3nc4cc(N5CCCCC5)ccc4[nH]3)c2c1)c1c(Cl)cncc1Cl. The molecule has 0 amide bonds. The Labute approximate surface area is 212 Å². The van der Waals surface area contributed by atoms with E-state index in [0.29, 0.717) is 10.0 Å². The van der Waals surface area contributed by atoms with Crippen LogP contribution >= 0.6 is 23.2 Å². The van der Waals surface area contributed by atoms with Gasteiger partial charge in [-0.1, -0.05) is 23.2 Å². The molecule has 5 aromatic rings. The number of nitrogens with one attached hydrogen (secondary N) is 3. The second kappa shape index (κ2) is 9.06. The van der Waals surface area contributed by atoms with E-state index in [0.717, 1.165) is 57.8 Å². The smallest absolute Gasteiger partial charge is 0.159 e. The highest BCUT2D eigenvalue weighted by Gasteiger charge is 2.18. The molecular formula is C26H25Cl2N7. The summed E-state index contributed by atoms with van der Waals surface area (Å²) in [5.74, 6) is 0.743. The van der Waals surface area contributed by atoms with Crippen LogP contribution in [0.2, 0.25) is 10.0 Å². The Morgan fingerprint density at radius 3 is 2.54 bits per heavy atom. The van der Waals surface area contributed by atoms with Crippen molar-refractivity contribution in [2.75, 3.05) is 23.3 Å². The molecule has 0 spiro atoms. The van der Waals surface area contributed by atoms with Crippen molar-refractivity contribution >= 4 is 56.5 Å². The van der Waals surface area contributed by atoms with Crippen LogP contribution in [-0.2, 0) is 0 Å². The highest BCUT2D eigenvalue weighted by Crippen LogP contribution is 2.34. The second-order valence-electron chi connectivity index (χ2n) is 9.05. The van der Waals surface area contributed by atoms with Crippen LogP contribution in [0.25, 0.3) is 33.5 Å². The fourth-order valence-electron chi connectivity index (χ4n) is 4.90. The summed E-state index contributed by atoms with van der Waals surface area (Å²) in [6, 6.07) is 12.4. The normalized spacial score (nSPS) is 15.1. The quantitative estimate of drug-likeness (QED) is 0.240. The molecule has 1 aliphatic heterocycles. The average Bonchev–Trinajstić information content (AvgIpc) is 3.47. The van der Waals surface area contributed by atoms with Crippen LogP contribution in [0.4, 0.5) is 11.4 Å². The van der Waals surface area contributed by atoms with E-state index < -0.39 is 0 Å². The van der Waals surface area contributed by atoms with E-state index >= 15 is 0 Å². The third kappa shape index (κ3) is 4.19. The van der Waals surface area contributed by atoms with Gasteiger partial charge in [-0.15, -0.1) is 0 Å². The summed E-state index contributed by atoms with van der Waals surface area (Å²) in [7, 11) is 0. The molecule has 0 bridgehead atoms. The number of aromatic amines is 2. The maximum absolute atomic E-state index is 6.36. The molecule has 0 radical (unpaired) electrons. The van der Waals surface area contributed by atoms with Crippen LogP contribution in [0.1, 0.15) is 37.8 Å². The molecule has 4 heterocycles. The summed E-state index contributed by atoms with van der Waals surface area (Å²) in [5.41, 5.74) is 6.65. The van der Waals surface area contributed by atoms with E-state index in [1.165, 1.54) is 24.9 Å². The number of anilines is 2. The van der Waals surface area contributed by atoms with E-state index in [9.17, 15) is 0 Å². The van der Waals surface area contributed by atoms with Gasteiger partial charge in [0.05, 0.1) is 32.6 Å². The largest absolute Gasteiger partial charge is 0.378 e. The lowest BCUT2D eigenvalue weighted by Gasteiger charge is -2.28. The zero-order chi connectivity index (χ0) is 23.9. The molecule has 1 aliphatic rings. The summed E-state index contributed by atoms with van der Waals surface area (Å²) in [6.45, 7) is 4.24. The lowest BCUT2D eigenvalue weighted by Crippen LogP contribution is -2.29. The Kier molecular flexibility index (Phi) is 5.74. The maximum atomic E-state index is 6.36. The van der Waals surface area contributed by atoms with Crippen molar-refractivity contribution in [2.24, 2.45) is 0 Å². The van der Waals surface area contributed by atoms with Crippen molar-refractivity contribution in [2.45, 2.75) is 32.2 Å². The van der Waals surface area contributed by atoms with E-state index in [2.05, 4.69) is 54.6 Å². The summed E-state index contributed by atoms with van der Waals surface area (Å²) < 4.78 is 0. The Bertz CT molecular complexity index is 1500. The van der Waals surface area contributed by atoms with Crippen LogP contribution in [0.15, 0.2) is 48.8 Å². The van der Waals surface area contributed by atoms with E-state index in [-0.39, 0.29) is 6.04 Å². The van der Waals surface area contributed by atoms with E-state index in [1.54, 1.807) is 12.4 Å². The van der Waals surface area contributed by atoms with Gasteiger partial charge in [0.15, 0.2) is 5.82 Å². The summed E-state index contributed by atoms with van der Waals surface area (Å²) >= 11 is 12.7. The van der Waals surface area contributed by atoms with Gasteiger partial charge in [-0.25, -0.2) is 4.98 Å². The lowest BCUT2D eigenvalue weighted by molar-refractivity contribution is 0.578. The number of pyridine rings is 1. The topological polar surface area (TPSA) is 85.5 Å². The number of piperidine rings is 1. The van der Waals surface area contributed by atoms with Gasteiger partial charge in [-0.3, -0.25) is 10.1 Å². The number of H-pyrrole nitrogens is 2. The second-order valence-corrected chi connectivity index (χ2v) is 9.86. The molecule has 178 valence electrons. The fourth-order valence-corrected chi connectivity index (χ4v) is 5.59. The van der Waals surface area contributed by atoms with Gasteiger partial charge < -0.3 is 15.2 Å². The van der Waals surface area contributed by atoms with Crippen LogP contribution < -0.4 is 10.2 Å². The molecule has 9 heteroatoms. The van der Waals surface area contributed by atoms with Gasteiger partial charge in [0.1, 0.15) is 5.69 Å². The minimum absolute atomic E-state index is 0.106. The number of fused-ring (bicyclic) bond motifs is 2. The number of hydrogen-bond acceptors (Lipinski definition) is 5. The number of aromatic nitrogens is 5. The molecule has 0 aliphatic carbocycles. The number of rotatable bonds is 5. The minimum atomic E-state index is -0.106. The first-order chi connectivity index (χ1) is 17.1. The molecule has 2 aromatic carbocycles. The summed E-state index contributed by atoms with van der Waals surface area (Å²) in [5, 5.41) is 13.2. The lowest BCUT2D eigenvalue weighted by atomic mass is 10.1. The van der Waals surface area contributed by atoms with Crippen LogP contribution in [0.3, 0.4) is 0 Å². The third-order valence-corrected chi connectivity index (χ3v) is 7.28. The number of imidazole rings is 1. The molecular weight excluding hydrogens is 481 g/mol. The molecule has 1 unspecified atom stereocenters. The minimum Gasteiger partial charge on any atom is -0.378 e. The Hall–Kier alpha value is -3.29. The van der Waals surface area contributed by atoms with Gasteiger partial charge in [0.2, 0.25) is 0 Å². The van der Waals surface area contributed by atoms with Crippen molar-refractivity contribution < 1.29 is 0 Å². The summed E-state index contributed by atoms with van der Waals surface area (Å²) in [4.78, 5) is 14.8. The first kappa shape index (κ1) is 22.2. The number of halogens is 2. The number of benzene rings is 2. The standard InChI is InChI=1S/C26H25Cl2N7/c1-15(24-19(27)13-29-14-20(24)28)30-16-5-7-21-18(11-16)25(34-33-21)26-31-22-8-6-17(12-23(22)32-26)35-9-3-2-4-10-35/h5-8,11-15,30H,2-4,9-10H2,1H3,(H,31,32)(H,33,34). The molecule has 1 saturated heterocycles. The average molecular weight is 506 g/mol. The molecule has 1 fully saturated rings. The highest BCUT2D eigenvalue weighted by molar-refractivity contribution is 6.35. The number of hydrogen-bond donors (Lipinski definition) is 3. The van der Waals surface area contributed by atoms with Gasteiger partial charge in [0.25, 0.3) is 0 Å². The van der Waals surface area contributed by atoms with E-state index in [1.807, 2.05) is 19.1 Å². The van der Waals surface area contributed by atoms with Crippen molar-refractivity contribution in [1.29, 1.82) is 0 Å². The van der Waals surface area contributed by atoms with Crippen LogP contribution in [0.5, 0.6) is 0 Å². The van der Waals surface area contributed by atoms with Gasteiger partial charge in [0, 0.05) is 47.8 Å². The summed E-state index contributed by atoms with van der Waals surface area (Å²) in [6.07, 6.45) is 7.03. The first-order valence-electron chi connectivity index (χ1n) is 11.9. The monoisotopic (exact) mass is 505 g/mol. The predicted molar refractivity (Wildman–Crippen MR) is 144 cm³/mol. The molecule has 3 aromatic heterocycles. The fraction of sp³-hybridized carbons (Fsp3) is 0.269. The third-order valence-electron chi connectivity index (χ3n) is 6.68. The molecule has 3 N–H and O–H groups in total. The molecule has 35 heavy (non-hydrogen) atoms. The van der Waals surface area contributed by atoms with Crippen molar-refractivity contribution in [1.82, 2.24) is 25.1 Å². The van der Waals surface area contributed by atoms with Crippen LogP contribution in [0, 0.1) is 0 Å². The van der Waals surface area contributed by atoms with Gasteiger partial charge >= 0.3 is 0 Å². The van der Waals surface area contributed by atoms with Gasteiger partial charge in [-0.05, 0) is 62.6 Å². The van der Waals surface area contributed by atoms with Crippen molar-refractivity contribution in [3.05, 3.63) is 64.4 Å². The zero-order valence-corrected chi connectivity index (χ0v) is 20.8. The molecule has 6 rings (SSSR count). The molecule has 1 atom stereocenters.